The van der Waals surface area contributed by atoms with Gasteiger partial charge in [0.2, 0.25) is 11.9 Å². The standard InChI is InChI=1S/C21H24N6O/c1-2-3-11-22-20-23-12-10-18(25-20)26-13-7-14-27-19(28)15-17(24-21(26)27)16-8-5-4-6-9-16/h4-6,8-10,12,15H,2-3,7,11,13-14H2,1H3,(H,22,23,25). The van der Waals surface area contributed by atoms with Crippen LogP contribution in [0.25, 0.3) is 11.3 Å². The van der Waals surface area contributed by atoms with E-state index < -0.39 is 0 Å². The maximum Gasteiger partial charge on any atom is 0.255 e. The Morgan fingerprint density at radius 3 is 2.79 bits per heavy atom. The monoisotopic (exact) mass is 376 g/mol. The predicted molar refractivity (Wildman–Crippen MR) is 111 cm³/mol. The molecule has 28 heavy (non-hydrogen) atoms. The first-order valence-corrected chi connectivity index (χ1v) is 9.78. The minimum Gasteiger partial charge on any atom is -0.354 e. The van der Waals surface area contributed by atoms with Gasteiger partial charge in [0.1, 0.15) is 5.82 Å². The van der Waals surface area contributed by atoms with Gasteiger partial charge < -0.3 is 5.32 Å². The van der Waals surface area contributed by atoms with Crippen molar-refractivity contribution in [2.24, 2.45) is 0 Å². The van der Waals surface area contributed by atoms with E-state index in [2.05, 4.69) is 22.2 Å². The molecule has 0 saturated heterocycles. The van der Waals surface area contributed by atoms with Crippen LogP contribution in [0, 0.1) is 0 Å². The summed E-state index contributed by atoms with van der Waals surface area (Å²) in [7, 11) is 0. The smallest absolute Gasteiger partial charge is 0.255 e. The van der Waals surface area contributed by atoms with Crippen molar-refractivity contribution in [3.8, 4) is 11.3 Å². The molecule has 7 heteroatoms. The molecule has 1 N–H and O–H groups in total. The molecule has 0 saturated carbocycles. The lowest BCUT2D eigenvalue weighted by atomic mass is 10.1. The molecule has 0 unspecified atom stereocenters. The number of benzene rings is 1. The molecule has 0 amide bonds. The zero-order valence-corrected chi connectivity index (χ0v) is 16.0. The lowest BCUT2D eigenvalue weighted by Gasteiger charge is -2.30. The zero-order valence-electron chi connectivity index (χ0n) is 16.0. The van der Waals surface area contributed by atoms with Gasteiger partial charge in [0.25, 0.3) is 5.56 Å². The lowest BCUT2D eigenvalue weighted by molar-refractivity contribution is 0.561. The Morgan fingerprint density at radius 1 is 1.11 bits per heavy atom. The third kappa shape index (κ3) is 3.74. The second kappa shape index (κ2) is 8.21. The molecule has 3 aromatic rings. The summed E-state index contributed by atoms with van der Waals surface area (Å²) >= 11 is 0. The van der Waals surface area contributed by atoms with Gasteiger partial charge in [-0.05, 0) is 18.9 Å². The average molecular weight is 376 g/mol. The fraction of sp³-hybridized carbons (Fsp3) is 0.333. The predicted octanol–water partition coefficient (Wildman–Crippen LogP) is 3.45. The van der Waals surface area contributed by atoms with Crippen LogP contribution >= 0.6 is 0 Å². The van der Waals surface area contributed by atoms with Crippen molar-refractivity contribution in [1.29, 1.82) is 0 Å². The highest BCUT2D eigenvalue weighted by Crippen LogP contribution is 2.27. The lowest BCUT2D eigenvalue weighted by Crippen LogP contribution is -2.36. The maximum atomic E-state index is 12.7. The Labute approximate surface area is 164 Å². The first kappa shape index (κ1) is 18.2. The van der Waals surface area contributed by atoms with E-state index in [-0.39, 0.29) is 5.56 Å². The molecule has 0 spiro atoms. The first-order chi connectivity index (χ1) is 13.8. The number of unbranched alkanes of at least 4 members (excludes halogenated alkanes) is 1. The Hall–Kier alpha value is -3.22. The summed E-state index contributed by atoms with van der Waals surface area (Å²) in [5, 5.41) is 3.26. The summed E-state index contributed by atoms with van der Waals surface area (Å²) in [5.74, 6) is 1.99. The van der Waals surface area contributed by atoms with E-state index in [4.69, 9.17) is 4.98 Å². The van der Waals surface area contributed by atoms with Gasteiger partial charge in [0.05, 0.1) is 5.69 Å². The summed E-state index contributed by atoms with van der Waals surface area (Å²) in [6.07, 6.45) is 4.79. The van der Waals surface area contributed by atoms with Gasteiger partial charge in [-0.25, -0.2) is 9.97 Å². The van der Waals surface area contributed by atoms with E-state index in [1.807, 2.05) is 41.3 Å². The molecule has 2 aromatic heterocycles. The van der Waals surface area contributed by atoms with E-state index >= 15 is 0 Å². The van der Waals surface area contributed by atoms with Gasteiger partial charge in [-0.3, -0.25) is 14.3 Å². The number of anilines is 3. The molecule has 1 aliphatic heterocycles. The highest BCUT2D eigenvalue weighted by Gasteiger charge is 2.23. The van der Waals surface area contributed by atoms with Crippen molar-refractivity contribution in [3.63, 3.8) is 0 Å². The van der Waals surface area contributed by atoms with Crippen molar-refractivity contribution in [2.45, 2.75) is 32.7 Å². The summed E-state index contributed by atoms with van der Waals surface area (Å²) < 4.78 is 1.72. The topological polar surface area (TPSA) is 75.9 Å². The number of nitrogens with zero attached hydrogens (tertiary/aromatic N) is 5. The molecule has 144 valence electrons. The molecule has 4 rings (SSSR count). The third-order valence-corrected chi connectivity index (χ3v) is 4.79. The minimum atomic E-state index is -0.0381. The van der Waals surface area contributed by atoms with E-state index in [1.165, 1.54) is 0 Å². The van der Waals surface area contributed by atoms with Crippen molar-refractivity contribution in [1.82, 2.24) is 19.5 Å². The normalized spacial score (nSPS) is 13.2. The molecule has 7 nitrogen and oxygen atoms in total. The molecule has 0 aliphatic carbocycles. The maximum absolute atomic E-state index is 12.7. The Balaban J connectivity index is 1.71. The summed E-state index contributed by atoms with van der Waals surface area (Å²) in [6.45, 7) is 4.42. The summed E-state index contributed by atoms with van der Waals surface area (Å²) in [6, 6.07) is 13.3. The van der Waals surface area contributed by atoms with E-state index in [1.54, 1.807) is 16.8 Å². The van der Waals surface area contributed by atoms with Crippen LogP contribution in [0.2, 0.25) is 0 Å². The van der Waals surface area contributed by atoms with Crippen LogP contribution in [0.15, 0.2) is 53.5 Å². The second-order valence-electron chi connectivity index (χ2n) is 6.82. The van der Waals surface area contributed by atoms with Crippen LogP contribution in [0.5, 0.6) is 0 Å². The van der Waals surface area contributed by atoms with Crippen LogP contribution in [-0.4, -0.2) is 32.6 Å². The summed E-state index contributed by atoms with van der Waals surface area (Å²) in [4.78, 5) is 28.5. The van der Waals surface area contributed by atoms with Crippen LogP contribution in [0.3, 0.4) is 0 Å². The largest absolute Gasteiger partial charge is 0.354 e. The highest BCUT2D eigenvalue weighted by molar-refractivity contribution is 5.63. The SMILES string of the molecule is CCCCNc1nccc(N2CCCn3c2nc(-c2ccccc2)cc3=O)n1. The second-order valence-corrected chi connectivity index (χ2v) is 6.82. The van der Waals surface area contributed by atoms with Crippen LogP contribution in [0.1, 0.15) is 26.2 Å². The van der Waals surface area contributed by atoms with Crippen molar-refractivity contribution < 1.29 is 0 Å². The average Bonchev–Trinajstić information content (AvgIpc) is 2.74. The molecule has 3 heterocycles. The van der Waals surface area contributed by atoms with Gasteiger partial charge in [0, 0.05) is 37.5 Å². The van der Waals surface area contributed by atoms with Crippen molar-refractivity contribution in [3.05, 3.63) is 59.0 Å². The first-order valence-electron chi connectivity index (χ1n) is 9.78. The number of rotatable bonds is 6. The Morgan fingerprint density at radius 2 is 1.96 bits per heavy atom. The number of fused-ring (bicyclic) bond motifs is 1. The van der Waals surface area contributed by atoms with Crippen LogP contribution in [-0.2, 0) is 6.54 Å². The fourth-order valence-corrected chi connectivity index (χ4v) is 3.33. The molecule has 0 fully saturated rings. The highest BCUT2D eigenvalue weighted by atomic mass is 16.1. The molecular weight excluding hydrogens is 352 g/mol. The quantitative estimate of drug-likeness (QED) is 0.664. The molecule has 1 aromatic carbocycles. The third-order valence-electron chi connectivity index (χ3n) is 4.79. The van der Waals surface area contributed by atoms with Gasteiger partial charge in [-0.1, -0.05) is 43.7 Å². The summed E-state index contributed by atoms with van der Waals surface area (Å²) in [5.41, 5.74) is 1.57. The minimum absolute atomic E-state index is 0.0381. The van der Waals surface area contributed by atoms with Crippen LogP contribution in [0.4, 0.5) is 17.7 Å². The molecule has 0 radical (unpaired) electrons. The fourth-order valence-electron chi connectivity index (χ4n) is 3.33. The number of hydrogen-bond acceptors (Lipinski definition) is 6. The number of nitrogens with one attached hydrogen (secondary N) is 1. The molecular formula is C21H24N6O. The molecule has 0 atom stereocenters. The van der Waals surface area contributed by atoms with Gasteiger partial charge in [0.15, 0.2) is 0 Å². The van der Waals surface area contributed by atoms with Gasteiger partial charge in [-0.2, -0.15) is 4.98 Å². The Kier molecular flexibility index (Phi) is 5.32. The van der Waals surface area contributed by atoms with E-state index in [0.717, 1.165) is 43.7 Å². The Bertz CT molecular complexity index is 1000. The van der Waals surface area contributed by atoms with Crippen LogP contribution < -0.4 is 15.8 Å². The van der Waals surface area contributed by atoms with Crippen molar-refractivity contribution >= 4 is 17.7 Å². The number of aromatic nitrogens is 4. The number of hydrogen-bond donors (Lipinski definition) is 1. The van der Waals surface area contributed by atoms with Crippen molar-refractivity contribution in [2.75, 3.05) is 23.3 Å². The van der Waals surface area contributed by atoms with Gasteiger partial charge >= 0.3 is 0 Å². The molecule has 1 aliphatic rings. The zero-order chi connectivity index (χ0) is 19.3. The van der Waals surface area contributed by atoms with E-state index in [9.17, 15) is 4.79 Å². The molecule has 0 bridgehead atoms. The van der Waals surface area contributed by atoms with Gasteiger partial charge in [-0.15, -0.1) is 0 Å². The van der Waals surface area contributed by atoms with E-state index in [0.29, 0.717) is 24.1 Å².